The standard InChI is InChI=1S/C23H31ClN2O3S/c1-15-9-10-20(24)14-22(15)26(30(6,28)29)11-7-8-23(27)25-19(5)21-13-17(3)16(2)12-18(21)4/h9-10,12-14,19H,7-8,11H2,1-6H3,(H,25,27)/t19-/m1/s1. The first-order valence-corrected chi connectivity index (χ1v) is 12.2. The second kappa shape index (κ2) is 9.84. The van der Waals surface area contributed by atoms with E-state index < -0.39 is 10.0 Å². The van der Waals surface area contributed by atoms with Gasteiger partial charge >= 0.3 is 0 Å². The van der Waals surface area contributed by atoms with Gasteiger partial charge in [-0.05, 0) is 81.0 Å². The molecule has 2 aromatic rings. The number of hydrogen-bond donors (Lipinski definition) is 1. The van der Waals surface area contributed by atoms with Gasteiger partial charge in [-0.1, -0.05) is 29.8 Å². The van der Waals surface area contributed by atoms with Gasteiger partial charge in [-0.2, -0.15) is 0 Å². The summed E-state index contributed by atoms with van der Waals surface area (Å²) in [6.45, 7) is 10.2. The number of halogens is 1. The van der Waals surface area contributed by atoms with E-state index in [2.05, 4.69) is 31.3 Å². The molecule has 0 unspecified atom stereocenters. The first kappa shape index (κ1) is 24.2. The van der Waals surface area contributed by atoms with Crippen molar-refractivity contribution in [3.05, 3.63) is 63.2 Å². The lowest BCUT2D eigenvalue weighted by atomic mass is 9.96. The van der Waals surface area contributed by atoms with E-state index in [1.165, 1.54) is 15.4 Å². The fourth-order valence-electron chi connectivity index (χ4n) is 3.54. The minimum absolute atomic E-state index is 0.101. The lowest BCUT2D eigenvalue weighted by Gasteiger charge is -2.24. The van der Waals surface area contributed by atoms with Gasteiger partial charge in [0.05, 0.1) is 18.0 Å². The van der Waals surface area contributed by atoms with Gasteiger partial charge in [0.1, 0.15) is 0 Å². The molecule has 0 saturated carbocycles. The van der Waals surface area contributed by atoms with Crippen LogP contribution < -0.4 is 9.62 Å². The Morgan fingerprint density at radius 2 is 1.67 bits per heavy atom. The largest absolute Gasteiger partial charge is 0.350 e. The summed E-state index contributed by atoms with van der Waals surface area (Å²) < 4.78 is 25.9. The predicted molar refractivity (Wildman–Crippen MR) is 125 cm³/mol. The molecule has 2 aromatic carbocycles. The molecule has 2 rings (SSSR count). The number of carbonyl (C=O) groups excluding carboxylic acids is 1. The topological polar surface area (TPSA) is 66.5 Å². The Morgan fingerprint density at radius 1 is 1.03 bits per heavy atom. The molecule has 0 aliphatic heterocycles. The minimum Gasteiger partial charge on any atom is -0.350 e. The molecule has 1 N–H and O–H groups in total. The van der Waals surface area contributed by atoms with E-state index in [1.54, 1.807) is 18.2 Å². The average molecular weight is 451 g/mol. The van der Waals surface area contributed by atoms with E-state index >= 15 is 0 Å². The minimum atomic E-state index is -3.49. The molecule has 5 nitrogen and oxygen atoms in total. The van der Waals surface area contributed by atoms with E-state index in [9.17, 15) is 13.2 Å². The molecular formula is C23H31ClN2O3S. The maximum Gasteiger partial charge on any atom is 0.232 e. The molecule has 0 fully saturated rings. The molecule has 0 bridgehead atoms. The van der Waals surface area contributed by atoms with Crippen molar-refractivity contribution in [1.29, 1.82) is 0 Å². The van der Waals surface area contributed by atoms with E-state index in [0.29, 0.717) is 17.1 Å². The molecule has 0 spiro atoms. The van der Waals surface area contributed by atoms with Gasteiger partial charge in [-0.3, -0.25) is 9.10 Å². The number of nitrogens with one attached hydrogen (secondary N) is 1. The number of nitrogens with zero attached hydrogens (tertiary/aromatic N) is 1. The van der Waals surface area contributed by atoms with Gasteiger partial charge < -0.3 is 5.32 Å². The summed E-state index contributed by atoms with van der Waals surface area (Å²) in [6.07, 6.45) is 1.81. The van der Waals surface area contributed by atoms with E-state index in [1.807, 2.05) is 20.8 Å². The van der Waals surface area contributed by atoms with Gasteiger partial charge in [0.15, 0.2) is 0 Å². The number of rotatable bonds is 8. The highest BCUT2D eigenvalue weighted by atomic mass is 35.5. The Kier molecular flexibility index (Phi) is 7.94. The van der Waals surface area contributed by atoms with Gasteiger partial charge in [0, 0.05) is 18.0 Å². The van der Waals surface area contributed by atoms with Crippen LogP contribution in [0, 0.1) is 27.7 Å². The van der Waals surface area contributed by atoms with Gasteiger partial charge in [-0.15, -0.1) is 0 Å². The highest BCUT2D eigenvalue weighted by Crippen LogP contribution is 2.27. The van der Waals surface area contributed by atoms with Crippen LogP contribution in [-0.2, 0) is 14.8 Å². The lowest BCUT2D eigenvalue weighted by molar-refractivity contribution is -0.121. The zero-order valence-electron chi connectivity index (χ0n) is 18.5. The molecule has 7 heteroatoms. The third kappa shape index (κ3) is 6.22. The van der Waals surface area contributed by atoms with Crippen LogP contribution >= 0.6 is 11.6 Å². The number of amides is 1. The number of hydrogen-bond acceptors (Lipinski definition) is 3. The SMILES string of the molecule is Cc1cc(C)c([C@@H](C)NC(=O)CCCN(c2cc(Cl)ccc2C)S(C)(=O)=O)cc1C. The van der Waals surface area contributed by atoms with Crippen LogP contribution in [0.5, 0.6) is 0 Å². The average Bonchev–Trinajstić information content (AvgIpc) is 2.63. The fourth-order valence-corrected chi connectivity index (χ4v) is 4.72. The van der Waals surface area contributed by atoms with Gasteiger partial charge in [0.25, 0.3) is 0 Å². The van der Waals surface area contributed by atoms with Crippen molar-refractivity contribution in [1.82, 2.24) is 5.32 Å². The third-order valence-electron chi connectivity index (χ3n) is 5.33. The van der Waals surface area contributed by atoms with Gasteiger partial charge in [0.2, 0.25) is 15.9 Å². The molecule has 0 aliphatic carbocycles. The molecule has 0 heterocycles. The maximum atomic E-state index is 12.5. The number of sulfonamides is 1. The van der Waals surface area contributed by atoms with E-state index in [4.69, 9.17) is 11.6 Å². The van der Waals surface area contributed by atoms with Crippen molar-refractivity contribution in [2.24, 2.45) is 0 Å². The highest BCUT2D eigenvalue weighted by molar-refractivity contribution is 7.92. The van der Waals surface area contributed by atoms with Crippen LogP contribution in [0.25, 0.3) is 0 Å². The summed E-state index contributed by atoms with van der Waals surface area (Å²) in [5.74, 6) is -0.101. The van der Waals surface area contributed by atoms with Crippen molar-refractivity contribution in [3.63, 3.8) is 0 Å². The summed E-state index contributed by atoms with van der Waals surface area (Å²) in [6, 6.07) is 9.29. The molecule has 164 valence electrons. The fraction of sp³-hybridized carbons (Fsp3) is 0.435. The zero-order chi connectivity index (χ0) is 22.6. The summed E-state index contributed by atoms with van der Waals surface area (Å²) in [7, 11) is -3.49. The van der Waals surface area contributed by atoms with Crippen molar-refractivity contribution >= 4 is 33.2 Å². The van der Waals surface area contributed by atoms with Crippen LogP contribution in [0.4, 0.5) is 5.69 Å². The van der Waals surface area contributed by atoms with Crippen molar-refractivity contribution in [2.45, 2.75) is 53.5 Å². The second-order valence-corrected chi connectivity index (χ2v) is 10.3. The smallest absolute Gasteiger partial charge is 0.232 e. The predicted octanol–water partition coefficient (Wildman–Crippen LogP) is 5.00. The molecule has 0 aromatic heterocycles. The number of anilines is 1. The molecule has 0 radical (unpaired) electrons. The van der Waals surface area contributed by atoms with Gasteiger partial charge in [-0.25, -0.2) is 8.42 Å². The Morgan fingerprint density at radius 3 is 2.30 bits per heavy atom. The molecule has 1 atom stereocenters. The second-order valence-electron chi connectivity index (χ2n) is 7.95. The maximum absolute atomic E-state index is 12.5. The van der Waals surface area contributed by atoms with E-state index in [-0.39, 0.29) is 24.9 Å². The zero-order valence-corrected chi connectivity index (χ0v) is 20.1. The van der Waals surface area contributed by atoms with Crippen molar-refractivity contribution in [2.75, 3.05) is 17.1 Å². The normalized spacial score (nSPS) is 12.5. The molecular weight excluding hydrogens is 420 g/mol. The van der Waals surface area contributed by atoms with Crippen LogP contribution in [0.3, 0.4) is 0 Å². The first-order chi connectivity index (χ1) is 13.9. The van der Waals surface area contributed by atoms with Crippen LogP contribution in [0.1, 0.15) is 53.6 Å². The van der Waals surface area contributed by atoms with Crippen LogP contribution in [0.15, 0.2) is 30.3 Å². The molecule has 1 amide bonds. The number of aryl methyl sites for hydroxylation is 4. The molecule has 30 heavy (non-hydrogen) atoms. The number of carbonyl (C=O) groups is 1. The first-order valence-electron chi connectivity index (χ1n) is 10.0. The number of benzene rings is 2. The van der Waals surface area contributed by atoms with Crippen LogP contribution in [0.2, 0.25) is 5.02 Å². The lowest BCUT2D eigenvalue weighted by Crippen LogP contribution is -2.33. The Bertz CT molecular complexity index is 1030. The highest BCUT2D eigenvalue weighted by Gasteiger charge is 2.20. The Labute approximate surface area is 185 Å². The Balaban J connectivity index is 2.03. The van der Waals surface area contributed by atoms with Crippen molar-refractivity contribution < 1.29 is 13.2 Å². The van der Waals surface area contributed by atoms with Crippen LogP contribution in [-0.4, -0.2) is 27.1 Å². The Hall–Kier alpha value is -2.05. The summed E-state index contributed by atoms with van der Waals surface area (Å²) in [4.78, 5) is 12.5. The third-order valence-corrected chi connectivity index (χ3v) is 6.75. The summed E-state index contributed by atoms with van der Waals surface area (Å²) in [5, 5.41) is 3.50. The monoisotopic (exact) mass is 450 g/mol. The van der Waals surface area contributed by atoms with Crippen molar-refractivity contribution in [3.8, 4) is 0 Å². The molecule has 0 aliphatic rings. The quantitative estimate of drug-likeness (QED) is 0.615. The summed E-state index contributed by atoms with van der Waals surface area (Å²) in [5.41, 5.74) is 6.02. The van der Waals surface area contributed by atoms with E-state index in [0.717, 1.165) is 22.9 Å². The summed E-state index contributed by atoms with van der Waals surface area (Å²) >= 11 is 6.06. The molecule has 0 saturated heterocycles.